The van der Waals surface area contributed by atoms with Gasteiger partial charge in [0.15, 0.2) is 6.79 Å². The zero-order valence-corrected chi connectivity index (χ0v) is 15.8. The van der Waals surface area contributed by atoms with Crippen molar-refractivity contribution in [2.75, 3.05) is 13.4 Å². The van der Waals surface area contributed by atoms with E-state index in [0.717, 1.165) is 17.4 Å². The summed E-state index contributed by atoms with van der Waals surface area (Å²) in [7, 11) is 0. The molecule has 27 heavy (non-hydrogen) atoms. The maximum Gasteiger partial charge on any atom is 0.189 e. The van der Waals surface area contributed by atoms with Crippen LogP contribution >= 0.6 is 0 Å². The first-order valence-electron chi connectivity index (χ1n) is 8.90. The fourth-order valence-corrected chi connectivity index (χ4v) is 2.79. The van der Waals surface area contributed by atoms with Gasteiger partial charge in [-0.2, -0.15) is 0 Å². The second-order valence-electron chi connectivity index (χ2n) is 6.59. The van der Waals surface area contributed by atoms with Gasteiger partial charge < -0.3 is 24.1 Å². The molecule has 0 saturated carbocycles. The van der Waals surface area contributed by atoms with Crippen molar-refractivity contribution in [3.8, 4) is 28.6 Å². The molecule has 0 atom stereocenters. The van der Waals surface area contributed by atoms with E-state index in [1.807, 2.05) is 25.1 Å². The molecule has 0 aliphatic rings. The van der Waals surface area contributed by atoms with Crippen LogP contribution in [0.4, 0.5) is 0 Å². The second kappa shape index (κ2) is 8.18. The molecule has 0 saturated heterocycles. The minimum Gasteiger partial charge on any atom is -0.508 e. The van der Waals surface area contributed by atoms with Crippen molar-refractivity contribution >= 4 is 11.0 Å². The summed E-state index contributed by atoms with van der Waals surface area (Å²) in [5.74, 6) is 1.24. The molecule has 1 aromatic heterocycles. The summed E-state index contributed by atoms with van der Waals surface area (Å²) in [6.07, 6.45) is 2.89. The van der Waals surface area contributed by atoms with Crippen LogP contribution in [0, 0.1) is 0 Å². The Morgan fingerprint density at radius 3 is 2.44 bits per heavy atom. The summed E-state index contributed by atoms with van der Waals surface area (Å²) in [5, 5.41) is 20.4. The monoisotopic (exact) mass is 368 g/mol. The second-order valence-corrected chi connectivity index (χ2v) is 6.59. The van der Waals surface area contributed by atoms with Crippen LogP contribution < -0.4 is 4.74 Å². The summed E-state index contributed by atoms with van der Waals surface area (Å²) >= 11 is 0. The number of allylic oxidation sites excluding steroid dienone is 2. The van der Waals surface area contributed by atoms with Gasteiger partial charge in [0.2, 0.25) is 0 Å². The number of benzene rings is 2. The van der Waals surface area contributed by atoms with E-state index in [-0.39, 0.29) is 18.3 Å². The zero-order valence-electron chi connectivity index (χ0n) is 15.8. The minimum absolute atomic E-state index is 0.0181. The topological polar surface area (TPSA) is 72.1 Å². The molecule has 3 aromatic rings. The van der Waals surface area contributed by atoms with Crippen LogP contribution in [-0.2, 0) is 11.2 Å². The first kappa shape index (κ1) is 18.9. The van der Waals surface area contributed by atoms with Crippen molar-refractivity contribution < 1.29 is 24.1 Å². The number of hydrogen-bond acceptors (Lipinski definition) is 5. The number of aromatic hydroxyl groups is 2. The quantitative estimate of drug-likeness (QED) is 0.332. The van der Waals surface area contributed by atoms with Crippen molar-refractivity contribution in [1.29, 1.82) is 0 Å². The molecule has 0 amide bonds. The number of rotatable bonds is 7. The fraction of sp³-hybridized carbons (Fsp3) is 0.273. The standard InChI is InChI=1S/C22H24O5/c1-4-25-13-26-20-12-22-16(7-15(20)6-5-14(2)3)10-21(27-22)17-8-18(23)11-19(24)9-17/h5,7-12,23-24H,4,6,13H2,1-3H3. The van der Waals surface area contributed by atoms with E-state index in [1.54, 1.807) is 12.1 Å². The molecule has 142 valence electrons. The lowest BCUT2D eigenvalue weighted by Crippen LogP contribution is -2.04. The SMILES string of the molecule is CCOCOc1cc2oc(-c3cc(O)cc(O)c3)cc2cc1CC=C(C)C. The lowest BCUT2D eigenvalue weighted by atomic mass is 10.1. The van der Waals surface area contributed by atoms with Crippen LogP contribution in [0.2, 0.25) is 0 Å². The van der Waals surface area contributed by atoms with Crippen molar-refractivity contribution in [2.24, 2.45) is 0 Å². The van der Waals surface area contributed by atoms with E-state index in [1.165, 1.54) is 11.6 Å². The Hall–Kier alpha value is -2.92. The highest BCUT2D eigenvalue weighted by molar-refractivity contribution is 5.85. The van der Waals surface area contributed by atoms with Crippen LogP contribution in [0.5, 0.6) is 17.2 Å². The summed E-state index contributed by atoms with van der Waals surface area (Å²) in [6, 6.07) is 10.2. The van der Waals surface area contributed by atoms with Gasteiger partial charge >= 0.3 is 0 Å². The Balaban J connectivity index is 2.02. The lowest BCUT2D eigenvalue weighted by molar-refractivity contribution is 0.0219. The average Bonchev–Trinajstić information content (AvgIpc) is 3.02. The van der Waals surface area contributed by atoms with Gasteiger partial charge in [-0.05, 0) is 57.0 Å². The Morgan fingerprint density at radius 2 is 1.78 bits per heavy atom. The van der Waals surface area contributed by atoms with Gasteiger partial charge in [-0.15, -0.1) is 0 Å². The van der Waals surface area contributed by atoms with E-state index in [0.29, 0.717) is 29.3 Å². The molecular weight excluding hydrogens is 344 g/mol. The van der Waals surface area contributed by atoms with Gasteiger partial charge in [-0.1, -0.05) is 11.6 Å². The summed E-state index contributed by atoms with van der Waals surface area (Å²) in [5.41, 5.74) is 3.54. The Kier molecular flexibility index (Phi) is 5.72. The largest absolute Gasteiger partial charge is 0.508 e. The smallest absolute Gasteiger partial charge is 0.189 e. The Labute approximate surface area is 158 Å². The van der Waals surface area contributed by atoms with Crippen molar-refractivity contribution in [1.82, 2.24) is 0 Å². The number of hydrogen-bond donors (Lipinski definition) is 2. The number of ether oxygens (including phenoxy) is 2. The first-order chi connectivity index (χ1) is 13.0. The molecule has 5 heteroatoms. The van der Waals surface area contributed by atoms with E-state index >= 15 is 0 Å². The molecule has 2 N–H and O–H groups in total. The Bertz CT molecular complexity index is 944. The Morgan fingerprint density at radius 1 is 1.04 bits per heavy atom. The molecule has 0 aliphatic carbocycles. The molecule has 3 rings (SSSR count). The normalized spacial score (nSPS) is 10.9. The highest BCUT2D eigenvalue weighted by Gasteiger charge is 2.13. The molecule has 0 fully saturated rings. The molecule has 0 unspecified atom stereocenters. The van der Waals surface area contributed by atoms with Gasteiger partial charge in [-0.3, -0.25) is 0 Å². The predicted molar refractivity (Wildman–Crippen MR) is 105 cm³/mol. The molecule has 0 spiro atoms. The van der Waals surface area contributed by atoms with Gasteiger partial charge in [0.25, 0.3) is 0 Å². The molecule has 2 aromatic carbocycles. The molecule has 0 bridgehead atoms. The van der Waals surface area contributed by atoms with E-state index in [2.05, 4.69) is 19.9 Å². The van der Waals surface area contributed by atoms with Crippen molar-refractivity contribution in [2.45, 2.75) is 27.2 Å². The van der Waals surface area contributed by atoms with Gasteiger partial charge in [0, 0.05) is 29.7 Å². The molecule has 5 nitrogen and oxygen atoms in total. The summed E-state index contributed by atoms with van der Waals surface area (Å²) < 4.78 is 17.0. The fourth-order valence-electron chi connectivity index (χ4n) is 2.79. The first-order valence-corrected chi connectivity index (χ1v) is 8.90. The number of fused-ring (bicyclic) bond motifs is 1. The predicted octanol–water partition coefficient (Wildman–Crippen LogP) is 5.39. The van der Waals surface area contributed by atoms with Crippen LogP contribution in [-0.4, -0.2) is 23.6 Å². The molecule has 0 aliphatic heterocycles. The van der Waals surface area contributed by atoms with Gasteiger partial charge in [-0.25, -0.2) is 0 Å². The van der Waals surface area contributed by atoms with E-state index in [9.17, 15) is 10.2 Å². The third kappa shape index (κ3) is 4.63. The number of phenols is 2. The minimum atomic E-state index is -0.0181. The maximum absolute atomic E-state index is 9.72. The lowest BCUT2D eigenvalue weighted by Gasteiger charge is -2.10. The van der Waals surface area contributed by atoms with Gasteiger partial charge in [0.05, 0.1) is 0 Å². The summed E-state index contributed by atoms with van der Waals surface area (Å²) in [6.45, 7) is 6.79. The highest BCUT2D eigenvalue weighted by atomic mass is 16.7. The molecular formula is C22H24O5. The van der Waals surface area contributed by atoms with Crippen LogP contribution in [0.15, 0.2) is 52.5 Å². The van der Waals surface area contributed by atoms with Crippen LogP contribution in [0.3, 0.4) is 0 Å². The number of phenolic OH excluding ortho intramolecular Hbond substituents is 2. The van der Waals surface area contributed by atoms with Crippen LogP contribution in [0.1, 0.15) is 26.3 Å². The van der Waals surface area contributed by atoms with Crippen LogP contribution in [0.25, 0.3) is 22.3 Å². The van der Waals surface area contributed by atoms with Gasteiger partial charge in [0.1, 0.15) is 28.6 Å². The maximum atomic E-state index is 9.72. The highest BCUT2D eigenvalue weighted by Crippen LogP contribution is 2.35. The van der Waals surface area contributed by atoms with E-state index < -0.39 is 0 Å². The molecule has 1 heterocycles. The zero-order chi connectivity index (χ0) is 19.4. The van der Waals surface area contributed by atoms with E-state index in [4.69, 9.17) is 13.9 Å². The number of furan rings is 1. The third-order valence-corrected chi connectivity index (χ3v) is 4.12. The summed E-state index contributed by atoms with van der Waals surface area (Å²) in [4.78, 5) is 0. The average molecular weight is 368 g/mol. The third-order valence-electron chi connectivity index (χ3n) is 4.12. The molecule has 0 radical (unpaired) electrons. The van der Waals surface area contributed by atoms with Crippen molar-refractivity contribution in [3.05, 3.63) is 53.6 Å². The van der Waals surface area contributed by atoms with Crippen molar-refractivity contribution in [3.63, 3.8) is 0 Å².